The smallest absolute Gasteiger partial charge is 0.387 e. The van der Waals surface area contributed by atoms with Crippen LogP contribution in [0.25, 0.3) is 0 Å². The molecule has 1 aliphatic carbocycles. The van der Waals surface area contributed by atoms with Gasteiger partial charge in [-0.05, 0) is 60.2 Å². The monoisotopic (exact) mass is 377 g/mol. The van der Waals surface area contributed by atoms with Crippen LogP contribution in [0.1, 0.15) is 23.1 Å². The van der Waals surface area contributed by atoms with Crippen molar-refractivity contribution in [1.29, 1.82) is 0 Å². The van der Waals surface area contributed by atoms with Gasteiger partial charge in [-0.15, -0.1) is 0 Å². The van der Waals surface area contributed by atoms with Crippen LogP contribution in [0.4, 0.5) is 8.78 Å². The number of rotatable bonds is 8. The first-order chi connectivity index (χ1) is 13.0. The number of aryl methyl sites for hydroxylation is 2. The molecule has 2 aromatic carbocycles. The van der Waals surface area contributed by atoms with Gasteiger partial charge in [0.2, 0.25) is 0 Å². The highest BCUT2D eigenvalue weighted by Gasteiger charge is 2.13. The van der Waals surface area contributed by atoms with E-state index in [2.05, 4.69) is 10.1 Å². The normalized spacial score (nSPS) is 12.6. The molecule has 0 aromatic heterocycles. The zero-order valence-corrected chi connectivity index (χ0v) is 15.0. The fourth-order valence-electron chi connectivity index (χ4n) is 3.05. The maximum absolute atomic E-state index is 12.3. The minimum atomic E-state index is -2.93. The number of ether oxygens (including phenoxy) is 3. The summed E-state index contributed by atoms with van der Waals surface area (Å²) in [5, 5.41) is 2.72. The van der Waals surface area contributed by atoms with Crippen LogP contribution in [0.2, 0.25) is 0 Å². The Morgan fingerprint density at radius 3 is 2.70 bits per heavy atom. The minimum absolute atomic E-state index is 0.0532. The Kier molecular flexibility index (Phi) is 6.11. The Balaban J connectivity index is 1.50. The van der Waals surface area contributed by atoms with Crippen molar-refractivity contribution >= 4 is 5.91 Å². The van der Waals surface area contributed by atoms with Gasteiger partial charge < -0.3 is 19.5 Å². The van der Waals surface area contributed by atoms with Crippen LogP contribution in [0.3, 0.4) is 0 Å². The van der Waals surface area contributed by atoms with Crippen LogP contribution in [0.15, 0.2) is 36.4 Å². The fraction of sp³-hybridized carbons (Fsp3) is 0.350. The molecule has 2 aromatic rings. The van der Waals surface area contributed by atoms with E-state index < -0.39 is 6.61 Å². The molecule has 0 atom stereocenters. The van der Waals surface area contributed by atoms with Gasteiger partial charge in [0.15, 0.2) is 18.1 Å². The van der Waals surface area contributed by atoms with Crippen molar-refractivity contribution < 1.29 is 27.8 Å². The van der Waals surface area contributed by atoms with Crippen LogP contribution in [0.5, 0.6) is 17.2 Å². The summed E-state index contributed by atoms with van der Waals surface area (Å²) in [6.07, 6.45) is 3.30. The number of alkyl halides is 2. The highest BCUT2D eigenvalue weighted by atomic mass is 19.3. The second-order valence-corrected chi connectivity index (χ2v) is 6.21. The largest absolute Gasteiger partial charge is 0.493 e. The van der Waals surface area contributed by atoms with Crippen molar-refractivity contribution in [2.45, 2.75) is 32.4 Å². The third kappa shape index (κ3) is 5.09. The standard InChI is InChI=1S/C20H21F2NO4/c1-25-18-9-13(5-8-17(18)27-20(21)22)11-23-19(24)12-26-16-7-6-14-3-2-4-15(14)10-16/h5-10,20H,2-4,11-12H2,1H3,(H,23,24). The predicted octanol–water partition coefficient (Wildman–Crippen LogP) is 3.48. The number of hydrogen-bond acceptors (Lipinski definition) is 4. The Labute approximate surface area is 156 Å². The Morgan fingerprint density at radius 1 is 1.11 bits per heavy atom. The van der Waals surface area contributed by atoms with Gasteiger partial charge in [-0.25, -0.2) is 0 Å². The summed E-state index contributed by atoms with van der Waals surface area (Å²) < 4.78 is 39.6. The van der Waals surface area contributed by atoms with Crippen molar-refractivity contribution in [2.24, 2.45) is 0 Å². The molecule has 144 valence electrons. The van der Waals surface area contributed by atoms with Crippen molar-refractivity contribution in [2.75, 3.05) is 13.7 Å². The van der Waals surface area contributed by atoms with E-state index in [4.69, 9.17) is 9.47 Å². The van der Waals surface area contributed by atoms with E-state index in [1.54, 1.807) is 12.1 Å². The van der Waals surface area contributed by atoms with Crippen LogP contribution in [-0.4, -0.2) is 26.2 Å². The SMILES string of the molecule is COc1cc(CNC(=O)COc2ccc3c(c2)CCC3)ccc1OC(F)F. The average molecular weight is 377 g/mol. The first-order valence-electron chi connectivity index (χ1n) is 8.68. The second kappa shape index (κ2) is 8.70. The first kappa shape index (κ1) is 18.9. The molecule has 7 heteroatoms. The third-order valence-electron chi connectivity index (χ3n) is 4.37. The minimum Gasteiger partial charge on any atom is -0.493 e. The molecule has 3 rings (SSSR count). The van der Waals surface area contributed by atoms with E-state index >= 15 is 0 Å². The van der Waals surface area contributed by atoms with E-state index in [0.29, 0.717) is 11.3 Å². The number of methoxy groups -OCH3 is 1. The molecule has 0 saturated carbocycles. The molecule has 1 aliphatic rings. The van der Waals surface area contributed by atoms with Crippen molar-refractivity contribution in [1.82, 2.24) is 5.32 Å². The Hall–Kier alpha value is -2.83. The maximum atomic E-state index is 12.3. The fourth-order valence-corrected chi connectivity index (χ4v) is 3.05. The lowest BCUT2D eigenvalue weighted by atomic mass is 10.1. The summed E-state index contributed by atoms with van der Waals surface area (Å²) in [6, 6.07) is 10.4. The van der Waals surface area contributed by atoms with Crippen LogP contribution >= 0.6 is 0 Å². The summed E-state index contributed by atoms with van der Waals surface area (Å²) in [5.41, 5.74) is 3.32. The summed E-state index contributed by atoms with van der Waals surface area (Å²) >= 11 is 0. The third-order valence-corrected chi connectivity index (χ3v) is 4.37. The van der Waals surface area contributed by atoms with Gasteiger partial charge in [0.1, 0.15) is 5.75 Å². The lowest BCUT2D eigenvalue weighted by Gasteiger charge is -2.12. The molecule has 0 radical (unpaired) electrons. The van der Waals surface area contributed by atoms with Gasteiger partial charge in [0.05, 0.1) is 7.11 Å². The lowest BCUT2D eigenvalue weighted by Crippen LogP contribution is -2.28. The summed E-state index contributed by atoms with van der Waals surface area (Å²) in [6.45, 7) is -2.80. The topological polar surface area (TPSA) is 56.8 Å². The van der Waals surface area contributed by atoms with E-state index in [0.717, 1.165) is 19.3 Å². The zero-order valence-electron chi connectivity index (χ0n) is 15.0. The highest BCUT2D eigenvalue weighted by molar-refractivity contribution is 5.77. The number of halogens is 2. The number of benzene rings is 2. The number of fused-ring (bicyclic) bond motifs is 1. The van der Waals surface area contributed by atoms with Gasteiger partial charge in [0.25, 0.3) is 5.91 Å². The van der Waals surface area contributed by atoms with Gasteiger partial charge in [0, 0.05) is 6.54 Å². The van der Waals surface area contributed by atoms with Gasteiger partial charge in [-0.3, -0.25) is 4.79 Å². The van der Waals surface area contributed by atoms with Gasteiger partial charge in [-0.1, -0.05) is 12.1 Å². The van der Waals surface area contributed by atoms with Crippen molar-refractivity contribution in [3.05, 3.63) is 53.1 Å². The molecule has 5 nitrogen and oxygen atoms in total. The molecule has 0 heterocycles. The van der Waals surface area contributed by atoms with E-state index in [9.17, 15) is 13.6 Å². The Morgan fingerprint density at radius 2 is 1.93 bits per heavy atom. The van der Waals surface area contributed by atoms with E-state index in [1.807, 2.05) is 18.2 Å². The summed E-state index contributed by atoms with van der Waals surface area (Å²) in [4.78, 5) is 12.0. The zero-order chi connectivity index (χ0) is 19.2. The van der Waals surface area contributed by atoms with Crippen LogP contribution in [-0.2, 0) is 24.2 Å². The second-order valence-electron chi connectivity index (χ2n) is 6.21. The predicted molar refractivity (Wildman–Crippen MR) is 95.4 cm³/mol. The summed E-state index contributed by atoms with van der Waals surface area (Å²) in [5.74, 6) is 0.530. The number of carbonyl (C=O) groups excluding carboxylic acids is 1. The molecule has 1 amide bonds. The van der Waals surface area contributed by atoms with E-state index in [-0.39, 0.29) is 30.6 Å². The molecule has 1 N–H and O–H groups in total. The summed E-state index contributed by atoms with van der Waals surface area (Å²) in [7, 11) is 1.36. The van der Waals surface area contributed by atoms with Crippen LogP contribution in [0, 0.1) is 0 Å². The maximum Gasteiger partial charge on any atom is 0.387 e. The quantitative estimate of drug-likeness (QED) is 0.765. The number of carbonyl (C=O) groups is 1. The lowest BCUT2D eigenvalue weighted by molar-refractivity contribution is -0.123. The van der Waals surface area contributed by atoms with Crippen molar-refractivity contribution in [3.8, 4) is 17.2 Å². The van der Waals surface area contributed by atoms with Crippen LogP contribution < -0.4 is 19.5 Å². The molecule has 0 unspecified atom stereocenters. The molecule has 0 fully saturated rings. The van der Waals surface area contributed by atoms with Crippen molar-refractivity contribution in [3.63, 3.8) is 0 Å². The molecular formula is C20H21F2NO4. The molecule has 0 aliphatic heterocycles. The first-order valence-corrected chi connectivity index (χ1v) is 8.68. The number of nitrogens with one attached hydrogen (secondary N) is 1. The molecular weight excluding hydrogens is 356 g/mol. The Bertz CT molecular complexity index is 811. The average Bonchev–Trinajstić information content (AvgIpc) is 3.13. The van der Waals surface area contributed by atoms with Gasteiger partial charge >= 0.3 is 6.61 Å². The molecule has 0 saturated heterocycles. The molecule has 0 spiro atoms. The number of hydrogen-bond donors (Lipinski definition) is 1. The molecule has 0 bridgehead atoms. The number of amides is 1. The highest BCUT2D eigenvalue weighted by Crippen LogP contribution is 2.29. The van der Waals surface area contributed by atoms with E-state index in [1.165, 1.54) is 24.3 Å². The molecule has 27 heavy (non-hydrogen) atoms. The van der Waals surface area contributed by atoms with Gasteiger partial charge in [-0.2, -0.15) is 8.78 Å².